The predicted molar refractivity (Wildman–Crippen MR) is 70.5 cm³/mol. The van der Waals surface area contributed by atoms with Gasteiger partial charge in [-0.3, -0.25) is 29.9 Å². The largest absolute Gasteiger partial charge is 0.398 e. The van der Waals surface area contributed by atoms with Crippen LogP contribution in [-0.4, -0.2) is 34.2 Å². The molecule has 1 aromatic carbocycles. The van der Waals surface area contributed by atoms with Gasteiger partial charge in [0.05, 0.1) is 17.5 Å². The van der Waals surface area contributed by atoms with Crippen LogP contribution >= 0.6 is 0 Å². The van der Waals surface area contributed by atoms with Crippen molar-refractivity contribution >= 4 is 23.2 Å². The summed E-state index contributed by atoms with van der Waals surface area (Å²) in [7, 11) is 0. The summed E-state index contributed by atoms with van der Waals surface area (Å²) in [6, 6.07) is 3.63. The zero-order chi connectivity index (χ0) is 14.9. The van der Waals surface area contributed by atoms with Crippen molar-refractivity contribution in [2.45, 2.75) is 19.5 Å². The monoisotopic (exact) mass is 278 g/mol. The minimum Gasteiger partial charge on any atom is -0.398 e. The topological polar surface area (TPSA) is 119 Å². The molecule has 8 heteroatoms. The molecule has 1 heterocycles. The molecular weight excluding hydrogens is 264 g/mol. The maximum absolute atomic E-state index is 11.6. The molecule has 2 rings (SSSR count). The Kier molecular flexibility index (Phi) is 3.66. The van der Waals surface area contributed by atoms with E-state index in [9.17, 15) is 19.7 Å². The molecule has 20 heavy (non-hydrogen) atoms. The number of amides is 2. The third kappa shape index (κ3) is 2.75. The van der Waals surface area contributed by atoms with E-state index < -0.39 is 16.9 Å². The Hall–Kier alpha value is -2.48. The van der Waals surface area contributed by atoms with E-state index in [4.69, 9.17) is 5.73 Å². The number of carbonyl (C=O) groups excluding carboxylic acids is 2. The quantitative estimate of drug-likeness (QED) is 0.348. The van der Waals surface area contributed by atoms with Crippen LogP contribution in [-0.2, 0) is 16.1 Å². The van der Waals surface area contributed by atoms with Gasteiger partial charge in [-0.25, -0.2) is 0 Å². The highest BCUT2D eigenvalue weighted by molar-refractivity contribution is 6.00. The molecule has 2 amide bonds. The minimum absolute atomic E-state index is 0.0506. The summed E-state index contributed by atoms with van der Waals surface area (Å²) < 4.78 is 0. The molecule has 1 unspecified atom stereocenters. The van der Waals surface area contributed by atoms with Gasteiger partial charge in [0.1, 0.15) is 0 Å². The van der Waals surface area contributed by atoms with E-state index in [1.165, 1.54) is 18.2 Å². The van der Waals surface area contributed by atoms with Crippen molar-refractivity contribution in [2.75, 3.05) is 12.3 Å². The van der Waals surface area contributed by atoms with Crippen molar-refractivity contribution in [1.29, 1.82) is 0 Å². The second kappa shape index (κ2) is 5.25. The summed E-state index contributed by atoms with van der Waals surface area (Å²) in [4.78, 5) is 34.8. The van der Waals surface area contributed by atoms with Crippen molar-refractivity contribution in [3.8, 4) is 0 Å². The molecule has 0 radical (unpaired) electrons. The number of rotatable bonds is 3. The molecular formula is C12H14N4O4. The Morgan fingerprint density at radius 1 is 1.50 bits per heavy atom. The van der Waals surface area contributed by atoms with Crippen molar-refractivity contribution in [2.24, 2.45) is 0 Å². The van der Waals surface area contributed by atoms with Crippen LogP contribution < -0.4 is 11.1 Å². The number of nitro groups is 1. The smallest absolute Gasteiger partial charge is 0.269 e. The number of hydrogen-bond donors (Lipinski definition) is 2. The van der Waals surface area contributed by atoms with Gasteiger partial charge in [0.25, 0.3) is 5.69 Å². The van der Waals surface area contributed by atoms with Gasteiger partial charge in [-0.15, -0.1) is 0 Å². The van der Waals surface area contributed by atoms with Gasteiger partial charge in [-0.05, 0) is 18.6 Å². The lowest BCUT2D eigenvalue weighted by molar-refractivity contribution is -0.384. The fourth-order valence-corrected chi connectivity index (χ4v) is 2.02. The van der Waals surface area contributed by atoms with E-state index >= 15 is 0 Å². The molecule has 0 aromatic heterocycles. The summed E-state index contributed by atoms with van der Waals surface area (Å²) in [5.74, 6) is -0.776. The van der Waals surface area contributed by atoms with Crippen LogP contribution in [0.25, 0.3) is 0 Å². The summed E-state index contributed by atoms with van der Waals surface area (Å²) in [5.41, 5.74) is 6.62. The zero-order valence-corrected chi connectivity index (χ0v) is 10.8. The number of anilines is 1. The van der Waals surface area contributed by atoms with E-state index in [2.05, 4.69) is 5.32 Å². The number of imide groups is 1. The average molecular weight is 278 g/mol. The van der Waals surface area contributed by atoms with Crippen LogP contribution in [0, 0.1) is 10.1 Å². The first-order valence-corrected chi connectivity index (χ1v) is 5.99. The lowest BCUT2D eigenvalue weighted by atomic mass is 10.1. The van der Waals surface area contributed by atoms with Crippen molar-refractivity contribution in [3.63, 3.8) is 0 Å². The minimum atomic E-state index is -0.513. The van der Waals surface area contributed by atoms with Crippen molar-refractivity contribution < 1.29 is 14.5 Å². The molecule has 1 atom stereocenters. The summed E-state index contributed by atoms with van der Waals surface area (Å²) in [6.45, 7) is 1.91. The Morgan fingerprint density at radius 2 is 2.20 bits per heavy atom. The molecule has 3 N–H and O–H groups in total. The number of nitrogens with two attached hydrogens (primary N) is 1. The third-order valence-electron chi connectivity index (χ3n) is 3.25. The third-order valence-corrected chi connectivity index (χ3v) is 3.25. The molecule has 0 spiro atoms. The summed E-state index contributed by atoms with van der Waals surface area (Å²) >= 11 is 0. The van der Waals surface area contributed by atoms with Crippen LogP contribution in [0.2, 0.25) is 0 Å². The van der Waals surface area contributed by atoms with E-state index in [0.29, 0.717) is 11.3 Å². The Morgan fingerprint density at radius 3 is 2.85 bits per heavy atom. The van der Waals surface area contributed by atoms with Crippen LogP contribution in [0.4, 0.5) is 11.4 Å². The van der Waals surface area contributed by atoms with Gasteiger partial charge >= 0.3 is 0 Å². The first kappa shape index (κ1) is 13.9. The second-order valence-electron chi connectivity index (χ2n) is 4.63. The molecule has 0 bridgehead atoms. The maximum Gasteiger partial charge on any atom is 0.269 e. The lowest BCUT2D eigenvalue weighted by Gasteiger charge is -2.31. The standard InChI is InChI=1S/C12H14N4O4/c1-7-12(18)14-11(17)6-15(7)5-8-4-9(16(19)20)2-3-10(8)13/h2-4,7H,5-6,13H2,1H3,(H,14,17,18). The van der Waals surface area contributed by atoms with E-state index in [0.717, 1.165) is 0 Å². The molecule has 8 nitrogen and oxygen atoms in total. The number of nitrogen functional groups attached to an aromatic ring is 1. The Labute approximate surface area is 114 Å². The highest BCUT2D eigenvalue weighted by Gasteiger charge is 2.30. The normalized spacial score (nSPS) is 19.8. The van der Waals surface area contributed by atoms with Crippen molar-refractivity contribution in [3.05, 3.63) is 33.9 Å². The number of nitrogens with one attached hydrogen (secondary N) is 1. The average Bonchev–Trinajstić information content (AvgIpc) is 2.37. The highest BCUT2D eigenvalue weighted by Crippen LogP contribution is 2.22. The maximum atomic E-state index is 11.6. The molecule has 1 fully saturated rings. The number of benzene rings is 1. The fraction of sp³-hybridized carbons (Fsp3) is 0.333. The van der Waals surface area contributed by atoms with Crippen LogP contribution in [0.5, 0.6) is 0 Å². The van der Waals surface area contributed by atoms with Gasteiger partial charge in [0.15, 0.2) is 0 Å². The predicted octanol–water partition coefficient (Wildman–Crippen LogP) is 0.0239. The molecule has 1 aromatic rings. The SMILES string of the molecule is CC1C(=O)NC(=O)CN1Cc1cc([N+](=O)[O-])ccc1N. The lowest BCUT2D eigenvalue weighted by Crippen LogP contribution is -2.56. The molecule has 1 aliphatic rings. The Bertz CT molecular complexity index is 587. The number of piperazine rings is 1. The fourth-order valence-electron chi connectivity index (χ4n) is 2.02. The van der Waals surface area contributed by atoms with Crippen LogP contribution in [0.1, 0.15) is 12.5 Å². The molecule has 1 aliphatic heterocycles. The van der Waals surface area contributed by atoms with Crippen molar-refractivity contribution in [1.82, 2.24) is 10.2 Å². The second-order valence-corrected chi connectivity index (χ2v) is 4.63. The number of carbonyl (C=O) groups is 2. The summed E-state index contributed by atoms with van der Waals surface area (Å²) in [6.07, 6.45) is 0. The number of nitro benzene ring substituents is 1. The molecule has 1 saturated heterocycles. The number of non-ortho nitro benzene ring substituents is 1. The van der Waals surface area contributed by atoms with E-state index in [1.54, 1.807) is 11.8 Å². The van der Waals surface area contributed by atoms with Gasteiger partial charge in [-0.2, -0.15) is 0 Å². The molecule has 0 saturated carbocycles. The number of hydrogen-bond acceptors (Lipinski definition) is 6. The van der Waals surface area contributed by atoms with E-state index in [1.807, 2.05) is 0 Å². The molecule has 0 aliphatic carbocycles. The van der Waals surface area contributed by atoms with Gasteiger partial charge in [-0.1, -0.05) is 0 Å². The van der Waals surface area contributed by atoms with Crippen LogP contribution in [0.3, 0.4) is 0 Å². The Balaban J connectivity index is 2.24. The van der Waals surface area contributed by atoms with Gasteiger partial charge in [0, 0.05) is 24.4 Å². The van der Waals surface area contributed by atoms with Gasteiger partial charge < -0.3 is 5.73 Å². The van der Waals surface area contributed by atoms with Crippen LogP contribution in [0.15, 0.2) is 18.2 Å². The highest BCUT2D eigenvalue weighted by atomic mass is 16.6. The van der Waals surface area contributed by atoms with Gasteiger partial charge in [0.2, 0.25) is 11.8 Å². The zero-order valence-electron chi connectivity index (χ0n) is 10.8. The summed E-state index contributed by atoms with van der Waals surface area (Å²) in [5, 5.41) is 13.0. The first-order chi connectivity index (χ1) is 9.38. The number of nitrogens with zero attached hydrogens (tertiary/aromatic N) is 2. The first-order valence-electron chi connectivity index (χ1n) is 5.99. The molecule has 106 valence electrons. The van der Waals surface area contributed by atoms with E-state index in [-0.39, 0.29) is 24.7 Å².